The van der Waals surface area contributed by atoms with E-state index >= 15 is 0 Å². The SMILES string of the molecule is CCOc1ccc(NC(=O)CCN(c2ccc(F)c(F)c2)S(C)(=O)=O)cc1. The monoisotopic (exact) mass is 398 g/mol. The molecule has 0 aromatic heterocycles. The highest BCUT2D eigenvalue weighted by molar-refractivity contribution is 7.92. The number of sulfonamides is 1. The molecule has 9 heteroatoms. The van der Waals surface area contributed by atoms with Gasteiger partial charge < -0.3 is 10.1 Å². The van der Waals surface area contributed by atoms with Crippen LogP contribution in [-0.4, -0.2) is 33.7 Å². The maximum Gasteiger partial charge on any atom is 0.232 e. The van der Waals surface area contributed by atoms with Crippen molar-refractivity contribution in [2.24, 2.45) is 0 Å². The molecule has 0 fully saturated rings. The Balaban J connectivity index is 2.04. The molecular weight excluding hydrogens is 378 g/mol. The summed E-state index contributed by atoms with van der Waals surface area (Å²) in [6.45, 7) is 2.17. The molecule has 1 amide bonds. The van der Waals surface area contributed by atoms with Crippen LogP contribution in [0.3, 0.4) is 0 Å². The molecule has 146 valence electrons. The number of carbonyl (C=O) groups excluding carboxylic acids is 1. The van der Waals surface area contributed by atoms with Crippen molar-refractivity contribution >= 4 is 27.3 Å². The first-order valence-electron chi connectivity index (χ1n) is 8.16. The van der Waals surface area contributed by atoms with Crippen LogP contribution in [0.5, 0.6) is 5.75 Å². The fourth-order valence-corrected chi connectivity index (χ4v) is 3.27. The van der Waals surface area contributed by atoms with Crippen molar-refractivity contribution in [1.82, 2.24) is 0 Å². The number of anilines is 2. The minimum absolute atomic E-state index is 0.0507. The lowest BCUT2D eigenvalue weighted by molar-refractivity contribution is -0.116. The lowest BCUT2D eigenvalue weighted by Crippen LogP contribution is -2.33. The van der Waals surface area contributed by atoms with Crippen LogP contribution in [0, 0.1) is 11.6 Å². The third-order valence-electron chi connectivity index (χ3n) is 3.58. The Morgan fingerprint density at radius 2 is 1.78 bits per heavy atom. The molecule has 0 spiro atoms. The van der Waals surface area contributed by atoms with E-state index in [9.17, 15) is 22.0 Å². The number of ether oxygens (including phenoxy) is 1. The average Bonchev–Trinajstić information content (AvgIpc) is 2.59. The summed E-state index contributed by atoms with van der Waals surface area (Å²) in [6.07, 6.45) is 0.762. The number of halogens is 2. The zero-order chi connectivity index (χ0) is 20.0. The molecule has 2 aromatic carbocycles. The second-order valence-electron chi connectivity index (χ2n) is 5.69. The molecule has 0 aliphatic carbocycles. The first kappa shape index (κ1) is 20.6. The van der Waals surface area contributed by atoms with Gasteiger partial charge in [-0.05, 0) is 43.3 Å². The van der Waals surface area contributed by atoms with E-state index in [0.717, 1.165) is 28.8 Å². The van der Waals surface area contributed by atoms with E-state index in [-0.39, 0.29) is 18.7 Å². The van der Waals surface area contributed by atoms with Crippen LogP contribution in [0.15, 0.2) is 42.5 Å². The summed E-state index contributed by atoms with van der Waals surface area (Å²) in [6, 6.07) is 9.47. The molecule has 0 radical (unpaired) electrons. The second-order valence-corrected chi connectivity index (χ2v) is 7.60. The molecule has 0 atom stereocenters. The van der Waals surface area contributed by atoms with E-state index in [2.05, 4.69) is 5.32 Å². The van der Waals surface area contributed by atoms with Gasteiger partial charge in [0.25, 0.3) is 0 Å². The van der Waals surface area contributed by atoms with Crippen LogP contribution in [0.4, 0.5) is 20.2 Å². The molecule has 0 aliphatic heterocycles. The lowest BCUT2D eigenvalue weighted by atomic mass is 10.2. The number of nitrogens with zero attached hydrogens (tertiary/aromatic N) is 1. The molecule has 1 N–H and O–H groups in total. The second kappa shape index (κ2) is 8.81. The average molecular weight is 398 g/mol. The number of rotatable bonds is 8. The van der Waals surface area contributed by atoms with Crippen LogP contribution in [0.25, 0.3) is 0 Å². The third-order valence-corrected chi connectivity index (χ3v) is 4.78. The van der Waals surface area contributed by atoms with E-state index in [1.54, 1.807) is 24.3 Å². The van der Waals surface area contributed by atoms with Crippen LogP contribution in [0.2, 0.25) is 0 Å². The van der Waals surface area contributed by atoms with Crippen molar-refractivity contribution in [3.05, 3.63) is 54.1 Å². The van der Waals surface area contributed by atoms with Gasteiger partial charge >= 0.3 is 0 Å². The van der Waals surface area contributed by atoms with E-state index in [1.807, 2.05) is 6.92 Å². The topological polar surface area (TPSA) is 75.7 Å². The zero-order valence-corrected chi connectivity index (χ0v) is 15.7. The molecule has 2 rings (SSSR count). The van der Waals surface area contributed by atoms with Gasteiger partial charge in [-0.15, -0.1) is 0 Å². The van der Waals surface area contributed by atoms with Gasteiger partial charge in [-0.1, -0.05) is 0 Å². The minimum atomic E-state index is -3.78. The summed E-state index contributed by atoms with van der Waals surface area (Å²) in [4.78, 5) is 12.1. The smallest absolute Gasteiger partial charge is 0.232 e. The number of nitrogens with one attached hydrogen (secondary N) is 1. The molecule has 0 unspecified atom stereocenters. The Kier molecular flexibility index (Phi) is 6.73. The molecule has 6 nitrogen and oxygen atoms in total. The molecule has 0 heterocycles. The molecule has 27 heavy (non-hydrogen) atoms. The highest BCUT2D eigenvalue weighted by atomic mass is 32.2. The predicted octanol–water partition coefficient (Wildman–Crippen LogP) is 3.16. The van der Waals surface area contributed by atoms with Gasteiger partial charge in [0, 0.05) is 24.7 Å². The first-order chi connectivity index (χ1) is 12.7. The van der Waals surface area contributed by atoms with E-state index in [1.165, 1.54) is 0 Å². The fraction of sp³-hybridized carbons (Fsp3) is 0.278. The maximum atomic E-state index is 13.4. The Bertz CT molecular complexity index is 902. The molecule has 0 saturated heterocycles. The first-order valence-corrected chi connectivity index (χ1v) is 10.0. The highest BCUT2D eigenvalue weighted by Crippen LogP contribution is 2.21. The number of hydrogen-bond donors (Lipinski definition) is 1. The minimum Gasteiger partial charge on any atom is -0.494 e. The van der Waals surface area contributed by atoms with Crippen LogP contribution in [-0.2, 0) is 14.8 Å². The maximum absolute atomic E-state index is 13.4. The van der Waals surface area contributed by atoms with Crippen LogP contribution in [0.1, 0.15) is 13.3 Å². The normalized spacial score (nSPS) is 11.1. The summed E-state index contributed by atoms with van der Waals surface area (Å²) >= 11 is 0. The zero-order valence-electron chi connectivity index (χ0n) is 14.9. The van der Waals surface area contributed by atoms with Crippen LogP contribution >= 0.6 is 0 Å². The number of hydrogen-bond acceptors (Lipinski definition) is 4. The van der Waals surface area contributed by atoms with Gasteiger partial charge in [0.2, 0.25) is 15.9 Å². The fourth-order valence-electron chi connectivity index (χ4n) is 2.35. The Hall–Kier alpha value is -2.68. The van der Waals surface area contributed by atoms with Gasteiger partial charge in [0.05, 0.1) is 18.6 Å². The molecule has 0 bridgehead atoms. The van der Waals surface area contributed by atoms with Crippen molar-refractivity contribution < 1.29 is 26.7 Å². The van der Waals surface area contributed by atoms with E-state index in [4.69, 9.17) is 4.74 Å². The van der Waals surface area contributed by atoms with Gasteiger partial charge in [0.15, 0.2) is 11.6 Å². The largest absolute Gasteiger partial charge is 0.494 e. The van der Waals surface area contributed by atoms with Gasteiger partial charge in [-0.3, -0.25) is 9.10 Å². The van der Waals surface area contributed by atoms with E-state index < -0.39 is 27.6 Å². The summed E-state index contributed by atoms with van der Waals surface area (Å²) < 4.78 is 56.6. The molecule has 0 aliphatic rings. The number of amides is 1. The van der Waals surface area contributed by atoms with Gasteiger partial charge in [0.1, 0.15) is 5.75 Å². The summed E-state index contributed by atoms with van der Waals surface area (Å²) in [5.41, 5.74) is 0.479. The Morgan fingerprint density at radius 3 is 2.33 bits per heavy atom. The lowest BCUT2D eigenvalue weighted by Gasteiger charge is -2.22. The van der Waals surface area contributed by atoms with Crippen molar-refractivity contribution in [3.8, 4) is 5.75 Å². The van der Waals surface area contributed by atoms with Crippen LogP contribution < -0.4 is 14.4 Å². The third kappa shape index (κ3) is 5.92. The summed E-state index contributed by atoms with van der Waals surface area (Å²) in [5, 5.41) is 2.64. The Morgan fingerprint density at radius 1 is 1.11 bits per heavy atom. The van der Waals surface area contributed by atoms with Gasteiger partial charge in [-0.2, -0.15) is 0 Å². The molecule has 0 saturated carbocycles. The van der Waals surface area contributed by atoms with Crippen molar-refractivity contribution in [3.63, 3.8) is 0 Å². The molecular formula is C18H20F2N2O4S. The molecule has 2 aromatic rings. The number of benzene rings is 2. The summed E-state index contributed by atoms with van der Waals surface area (Å²) in [5.74, 6) is -2.01. The highest BCUT2D eigenvalue weighted by Gasteiger charge is 2.20. The van der Waals surface area contributed by atoms with Crippen molar-refractivity contribution in [2.75, 3.05) is 29.0 Å². The predicted molar refractivity (Wildman–Crippen MR) is 99.4 cm³/mol. The quantitative estimate of drug-likeness (QED) is 0.741. The van der Waals surface area contributed by atoms with Crippen molar-refractivity contribution in [2.45, 2.75) is 13.3 Å². The van der Waals surface area contributed by atoms with Gasteiger partial charge in [-0.25, -0.2) is 17.2 Å². The standard InChI is InChI=1S/C18H20F2N2O4S/c1-3-26-15-7-4-13(5-8-15)21-18(23)10-11-22(27(2,24)25)14-6-9-16(19)17(20)12-14/h4-9,12H,3,10-11H2,1-2H3,(H,21,23). The summed E-state index contributed by atoms with van der Waals surface area (Å²) in [7, 11) is -3.78. The Labute approximate surface area is 156 Å². The van der Waals surface area contributed by atoms with E-state index in [0.29, 0.717) is 18.0 Å². The number of carbonyl (C=O) groups is 1. The van der Waals surface area contributed by atoms with Crippen molar-refractivity contribution in [1.29, 1.82) is 0 Å².